The van der Waals surface area contributed by atoms with Crippen molar-refractivity contribution in [2.45, 2.75) is 30.6 Å². The number of carbonyl (C=O) groups excluding carboxylic acids is 1. The molecular formula is C24H23N3O3S2. The molecule has 1 unspecified atom stereocenters. The molecule has 0 saturated carbocycles. The van der Waals surface area contributed by atoms with E-state index < -0.39 is 15.4 Å². The van der Waals surface area contributed by atoms with Crippen molar-refractivity contribution in [2.24, 2.45) is 5.14 Å². The summed E-state index contributed by atoms with van der Waals surface area (Å²) in [7, 11) is -3.90. The first-order chi connectivity index (χ1) is 15.2. The molecule has 3 aromatic carbocycles. The highest BCUT2D eigenvalue weighted by molar-refractivity contribution is 7.89. The normalized spacial score (nSPS) is 13.6. The first-order valence-electron chi connectivity index (χ1n) is 10.0. The minimum atomic E-state index is -3.90. The van der Waals surface area contributed by atoms with Crippen LogP contribution in [-0.2, 0) is 26.7 Å². The molecule has 6 nitrogen and oxygen atoms in total. The Morgan fingerprint density at radius 3 is 2.44 bits per heavy atom. The van der Waals surface area contributed by atoms with Crippen molar-refractivity contribution in [3.63, 3.8) is 0 Å². The zero-order valence-corrected chi connectivity index (χ0v) is 19.3. The third-order valence-electron chi connectivity index (χ3n) is 5.51. The van der Waals surface area contributed by atoms with Gasteiger partial charge in [0.15, 0.2) is 0 Å². The molecule has 0 aliphatic carbocycles. The van der Waals surface area contributed by atoms with E-state index in [1.54, 1.807) is 30.4 Å². The van der Waals surface area contributed by atoms with Crippen molar-refractivity contribution >= 4 is 43.2 Å². The number of benzene rings is 3. The van der Waals surface area contributed by atoms with E-state index in [0.29, 0.717) is 17.7 Å². The second kappa shape index (κ2) is 8.46. The summed E-state index contributed by atoms with van der Waals surface area (Å²) in [5, 5.41) is 9.07. The molecule has 1 aromatic heterocycles. The second-order valence-electron chi connectivity index (χ2n) is 7.93. The van der Waals surface area contributed by atoms with E-state index in [0.717, 1.165) is 20.8 Å². The van der Waals surface area contributed by atoms with E-state index in [1.807, 2.05) is 61.5 Å². The number of amides is 1. The molecule has 4 rings (SSSR count). The highest BCUT2D eigenvalue weighted by atomic mass is 32.2. The van der Waals surface area contributed by atoms with Gasteiger partial charge in [-0.2, -0.15) is 0 Å². The van der Waals surface area contributed by atoms with Gasteiger partial charge in [-0.1, -0.05) is 48.5 Å². The molecule has 0 aliphatic rings. The number of fused-ring (bicyclic) bond motifs is 1. The van der Waals surface area contributed by atoms with E-state index in [9.17, 15) is 13.2 Å². The molecule has 0 aliphatic heterocycles. The molecule has 32 heavy (non-hydrogen) atoms. The van der Waals surface area contributed by atoms with Crippen LogP contribution in [0.1, 0.15) is 23.1 Å². The topological polar surface area (TPSA) is 102 Å². The van der Waals surface area contributed by atoms with Crippen molar-refractivity contribution in [3.8, 4) is 0 Å². The summed E-state index contributed by atoms with van der Waals surface area (Å²) >= 11 is 1.56. The van der Waals surface area contributed by atoms with Gasteiger partial charge in [-0.15, -0.1) is 11.3 Å². The number of aromatic nitrogens is 1. The number of carbonyl (C=O) groups is 1. The van der Waals surface area contributed by atoms with Crippen LogP contribution in [-0.4, -0.2) is 19.3 Å². The Labute approximate surface area is 191 Å². The summed E-state index contributed by atoms with van der Waals surface area (Å²) in [6, 6.07) is 22.1. The lowest BCUT2D eigenvalue weighted by Crippen LogP contribution is -2.39. The number of thiazole rings is 1. The molecule has 4 aromatic rings. The predicted octanol–water partition coefficient (Wildman–Crippen LogP) is 4.39. The van der Waals surface area contributed by atoms with Gasteiger partial charge in [-0.25, -0.2) is 18.5 Å². The van der Waals surface area contributed by atoms with Crippen LogP contribution < -0.4 is 10.5 Å². The standard InChI is InChI=1S/C24H23N3O3S2/c1-16-12-13-18(14-21(16)32(25,29)30)26-23(28)24(2,17-8-4-3-5-9-17)15-22-27-19-10-6-7-11-20(19)31-22/h3-14H,15H2,1-2H3,(H,26,28)(H2,25,29,30). The van der Waals surface area contributed by atoms with Crippen LogP contribution in [0.3, 0.4) is 0 Å². The molecule has 3 N–H and O–H groups in total. The highest BCUT2D eigenvalue weighted by Gasteiger charge is 2.36. The van der Waals surface area contributed by atoms with Crippen LogP contribution in [0.25, 0.3) is 10.2 Å². The predicted molar refractivity (Wildman–Crippen MR) is 128 cm³/mol. The summed E-state index contributed by atoms with van der Waals surface area (Å²) < 4.78 is 24.9. The number of primary sulfonamides is 1. The number of aryl methyl sites for hydroxylation is 1. The lowest BCUT2D eigenvalue weighted by molar-refractivity contribution is -0.121. The lowest BCUT2D eigenvalue weighted by atomic mass is 9.78. The number of nitrogens with two attached hydrogens (primary N) is 1. The monoisotopic (exact) mass is 465 g/mol. The van der Waals surface area contributed by atoms with Crippen molar-refractivity contribution in [2.75, 3.05) is 5.32 Å². The maximum atomic E-state index is 13.6. The summed E-state index contributed by atoms with van der Waals surface area (Å²) in [4.78, 5) is 18.3. The molecule has 1 atom stereocenters. The van der Waals surface area contributed by atoms with E-state index in [2.05, 4.69) is 5.32 Å². The molecule has 164 valence electrons. The maximum absolute atomic E-state index is 13.6. The number of sulfonamides is 1. The molecule has 0 spiro atoms. The van der Waals surface area contributed by atoms with E-state index >= 15 is 0 Å². The summed E-state index contributed by atoms with van der Waals surface area (Å²) in [6.45, 7) is 3.53. The van der Waals surface area contributed by atoms with Gasteiger partial charge in [-0.3, -0.25) is 4.79 Å². The van der Waals surface area contributed by atoms with Gasteiger partial charge in [0.05, 0.1) is 25.5 Å². The van der Waals surface area contributed by atoms with Crippen LogP contribution in [0.5, 0.6) is 0 Å². The molecule has 0 radical (unpaired) electrons. The Bertz CT molecular complexity index is 1370. The third kappa shape index (κ3) is 4.43. The smallest absolute Gasteiger partial charge is 0.238 e. The number of hydrogen-bond donors (Lipinski definition) is 2. The van der Waals surface area contributed by atoms with Crippen molar-refractivity contribution in [3.05, 3.63) is 88.9 Å². The number of para-hydroxylation sites is 1. The molecule has 1 amide bonds. The van der Waals surface area contributed by atoms with Crippen LogP contribution in [0.4, 0.5) is 5.69 Å². The maximum Gasteiger partial charge on any atom is 0.238 e. The Hall–Kier alpha value is -3.07. The zero-order chi connectivity index (χ0) is 22.9. The molecule has 0 bridgehead atoms. The molecule has 0 saturated heterocycles. The lowest BCUT2D eigenvalue weighted by Gasteiger charge is -2.28. The first kappa shape index (κ1) is 22.1. The van der Waals surface area contributed by atoms with Gasteiger partial charge in [0.1, 0.15) is 0 Å². The Morgan fingerprint density at radius 2 is 1.75 bits per heavy atom. The van der Waals surface area contributed by atoms with E-state index in [1.165, 1.54) is 6.07 Å². The molecule has 1 heterocycles. The quantitative estimate of drug-likeness (QED) is 0.441. The van der Waals surface area contributed by atoms with Crippen LogP contribution >= 0.6 is 11.3 Å². The van der Waals surface area contributed by atoms with E-state index in [4.69, 9.17) is 10.1 Å². The Balaban J connectivity index is 1.71. The molecular weight excluding hydrogens is 442 g/mol. The number of nitrogens with zero attached hydrogens (tertiary/aromatic N) is 1. The van der Waals surface area contributed by atoms with Crippen LogP contribution in [0.15, 0.2) is 77.7 Å². The highest BCUT2D eigenvalue weighted by Crippen LogP contribution is 2.33. The van der Waals surface area contributed by atoms with Gasteiger partial charge in [0, 0.05) is 12.1 Å². The minimum Gasteiger partial charge on any atom is -0.325 e. The number of hydrogen-bond acceptors (Lipinski definition) is 5. The number of nitrogens with one attached hydrogen (secondary N) is 1. The fourth-order valence-corrected chi connectivity index (χ4v) is 5.60. The number of rotatable bonds is 6. The van der Waals surface area contributed by atoms with Gasteiger partial charge in [-0.05, 0) is 49.2 Å². The summed E-state index contributed by atoms with van der Waals surface area (Å²) in [5.41, 5.74) is 1.71. The minimum absolute atomic E-state index is 0.0112. The summed E-state index contributed by atoms with van der Waals surface area (Å²) in [6.07, 6.45) is 0.399. The van der Waals surface area contributed by atoms with Gasteiger partial charge < -0.3 is 5.32 Å². The fourth-order valence-electron chi connectivity index (χ4n) is 3.67. The molecule has 0 fully saturated rings. The molecule has 8 heteroatoms. The van der Waals surface area contributed by atoms with E-state index in [-0.39, 0.29) is 10.8 Å². The first-order valence-corrected chi connectivity index (χ1v) is 12.4. The van der Waals surface area contributed by atoms with Gasteiger partial charge in [0.2, 0.25) is 15.9 Å². The summed E-state index contributed by atoms with van der Waals surface area (Å²) in [5.74, 6) is -0.257. The fraction of sp³-hybridized carbons (Fsp3) is 0.167. The van der Waals surface area contributed by atoms with Crippen molar-refractivity contribution in [1.82, 2.24) is 4.98 Å². The zero-order valence-electron chi connectivity index (χ0n) is 17.7. The average Bonchev–Trinajstić information content (AvgIpc) is 3.17. The third-order valence-corrected chi connectivity index (χ3v) is 7.60. The van der Waals surface area contributed by atoms with Gasteiger partial charge >= 0.3 is 0 Å². The SMILES string of the molecule is Cc1ccc(NC(=O)C(C)(Cc2nc3ccccc3s2)c2ccccc2)cc1S(N)(=O)=O. The Kier molecular flexibility index (Phi) is 5.85. The second-order valence-corrected chi connectivity index (χ2v) is 10.6. The van der Waals surface area contributed by atoms with Crippen molar-refractivity contribution in [1.29, 1.82) is 0 Å². The Morgan fingerprint density at radius 1 is 1.06 bits per heavy atom. The average molecular weight is 466 g/mol. The van der Waals surface area contributed by atoms with Crippen LogP contribution in [0, 0.1) is 6.92 Å². The van der Waals surface area contributed by atoms with Crippen LogP contribution in [0.2, 0.25) is 0 Å². The number of anilines is 1. The largest absolute Gasteiger partial charge is 0.325 e. The van der Waals surface area contributed by atoms with Crippen molar-refractivity contribution < 1.29 is 13.2 Å². The van der Waals surface area contributed by atoms with Gasteiger partial charge in [0.25, 0.3) is 0 Å².